The molecule has 1 N–H and O–H groups in total. The summed E-state index contributed by atoms with van der Waals surface area (Å²) in [4.78, 5) is 13.9. The normalized spacial score (nSPS) is 31.5. The Balaban J connectivity index is 1.96. The molecule has 1 amide bonds. The second-order valence-electron chi connectivity index (χ2n) is 4.67. The van der Waals surface area contributed by atoms with Gasteiger partial charge in [0.15, 0.2) is 0 Å². The lowest BCUT2D eigenvalue weighted by molar-refractivity contribution is -0.137. The molecule has 1 heterocycles. The fourth-order valence-electron chi connectivity index (χ4n) is 1.90. The molecule has 0 aromatic rings. The van der Waals surface area contributed by atoms with Crippen molar-refractivity contribution >= 4 is 5.91 Å². The zero-order valence-corrected chi connectivity index (χ0v) is 8.47. The third-order valence-corrected chi connectivity index (χ3v) is 3.17. The van der Waals surface area contributed by atoms with E-state index in [1.807, 2.05) is 4.90 Å². The van der Waals surface area contributed by atoms with E-state index in [2.05, 4.69) is 19.2 Å². The number of hydrogen-bond donors (Lipinski definition) is 1. The maximum absolute atomic E-state index is 11.9. The first-order valence-electron chi connectivity index (χ1n) is 5.15. The maximum atomic E-state index is 11.9. The number of carbonyl (C=O) groups excluding carboxylic acids is 1. The second kappa shape index (κ2) is 2.98. The van der Waals surface area contributed by atoms with Crippen molar-refractivity contribution in [2.45, 2.75) is 32.7 Å². The van der Waals surface area contributed by atoms with Gasteiger partial charge in [-0.05, 0) is 19.8 Å². The molecule has 1 saturated carbocycles. The number of nitrogens with one attached hydrogen (secondary N) is 1. The lowest BCUT2D eigenvalue weighted by atomic mass is 10.1. The number of amides is 1. The van der Waals surface area contributed by atoms with E-state index in [0.717, 1.165) is 32.5 Å². The summed E-state index contributed by atoms with van der Waals surface area (Å²) in [5, 5.41) is 3.34. The van der Waals surface area contributed by atoms with Crippen molar-refractivity contribution in [2.24, 2.45) is 5.41 Å². The molecule has 1 aliphatic heterocycles. The summed E-state index contributed by atoms with van der Waals surface area (Å²) < 4.78 is 0. The first-order valence-corrected chi connectivity index (χ1v) is 5.15. The van der Waals surface area contributed by atoms with Crippen LogP contribution in [0.2, 0.25) is 0 Å². The molecule has 74 valence electrons. The predicted molar refractivity (Wildman–Crippen MR) is 51.4 cm³/mol. The van der Waals surface area contributed by atoms with Crippen LogP contribution in [0.5, 0.6) is 0 Å². The molecule has 2 rings (SSSR count). The van der Waals surface area contributed by atoms with Gasteiger partial charge in [-0.15, -0.1) is 0 Å². The molecule has 3 nitrogen and oxygen atoms in total. The van der Waals surface area contributed by atoms with Crippen LogP contribution in [0.3, 0.4) is 0 Å². The Morgan fingerprint density at radius 3 is 2.77 bits per heavy atom. The van der Waals surface area contributed by atoms with E-state index in [1.165, 1.54) is 0 Å². The van der Waals surface area contributed by atoms with Gasteiger partial charge in [-0.3, -0.25) is 4.79 Å². The van der Waals surface area contributed by atoms with Gasteiger partial charge in [0.05, 0.1) is 0 Å². The Kier molecular flexibility index (Phi) is 2.06. The van der Waals surface area contributed by atoms with Gasteiger partial charge in [0.2, 0.25) is 5.91 Å². The van der Waals surface area contributed by atoms with Crippen molar-refractivity contribution in [3.63, 3.8) is 0 Å². The van der Waals surface area contributed by atoms with Crippen molar-refractivity contribution in [3.8, 4) is 0 Å². The Morgan fingerprint density at radius 1 is 1.54 bits per heavy atom. The molecule has 1 aliphatic carbocycles. The first kappa shape index (κ1) is 9.00. The highest BCUT2D eigenvalue weighted by Gasteiger charge is 2.47. The minimum absolute atomic E-state index is 0.0110. The van der Waals surface area contributed by atoms with Crippen LogP contribution >= 0.6 is 0 Å². The number of hydrogen-bond acceptors (Lipinski definition) is 2. The van der Waals surface area contributed by atoms with Gasteiger partial charge < -0.3 is 10.2 Å². The zero-order chi connectivity index (χ0) is 9.47. The van der Waals surface area contributed by atoms with Crippen LogP contribution in [0.1, 0.15) is 26.7 Å². The quantitative estimate of drug-likeness (QED) is 0.644. The number of carbonyl (C=O) groups is 1. The third kappa shape index (κ3) is 1.70. The van der Waals surface area contributed by atoms with E-state index in [9.17, 15) is 4.79 Å². The molecule has 0 unspecified atom stereocenters. The van der Waals surface area contributed by atoms with E-state index in [4.69, 9.17) is 0 Å². The SMILES string of the molecule is C[C@@H]1CN(C(=O)C2(C)CC2)CCN1. The van der Waals surface area contributed by atoms with Crippen LogP contribution in [-0.4, -0.2) is 36.5 Å². The van der Waals surface area contributed by atoms with Crippen molar-refractivity contribution in [1.29, 1.82) is 0 Å². The average molecular weight is 182 g/mol. The summed E-state index contributed by atoms with van der Waals surface area (Å²) in [6.45, 7) is 6.94. The summed E-state index contributed by atoms with van der Waals surface area (Å²) in [6, 6.07) is 0.458. The highest BCUT2D eigenvalue weighted by molar-refractivity contribution is 5.85. The summed E-state index contributed by atoms with van der Waals surface area (Å²) in [6.07, 6.45) is 2.17. The number of nitrogens with zero attached hydrogens (tertiary/aromatic N) is 1. The van der Waals surface area contributed by atoms with Gasteiger partial charge in [0.1, 0.15) is 0 Å². The highest BCUT2D eigenvalue weighted by atomic mass is 16.2. The van der Waals surface area contributed by atoms with Crippen LogP contribution in [0.25, 0.3) is 0 Å². The summed E-state index contributed by atoms with van der Waals surface area (Å²) in [7, 11) is 0. The van der Waals surface area contributed by atoms with Gasteiger partial charge >= 0.3 is 0 Å². The predicted octanol–water partition coefficient (Wildman–Crippen LogP) is 0.607. The number of piperazine rings is 1. The molecule has 2 fully saturated rings. The molecule has 0 spiro atoms. The molecule has 0 aromatic heterocycles. The monoisotopic (exact) mass is 182 g/mol. The molecule has 0 radical (unpaired) electrons. The molecule has 0 bridgehead atoms. The molecular formula is C10H18N2O. The van der Waals surface area contributed by atoms with Crippen LogP contribution in [0.15, 0.2) is 0 Å². The Morgan fingerprint density at radius 2 is 2.23 bits per heavy atom. The maximum Gasteiger partial charge on any atom is 0.228 e. The van der Waals surface area contributed by atoms with Gasteiger partial charge in [-0.1, -0.05) is 6.92 Å². The van der Waals surface area contributed by atoms with E-state index < -0.39 is 0 Å². The molecular weight excluding hydrogens is 164 g/mol. The number of rotatable bonds is 1. The Hall–Kier alpha value is -0.570. The Labute approximate surface area is 79.5 Å². The minimum Gasteiger partial charge on any atom is -0.339 e. The fourth-order valence-corrected chi connectivity index (χ4v) is 1.90. The van der Waals surface area contributed by atoms with Gasteiger partial charge in [0.25, 0.3) is 0 Å². The van der Waals surface area contributed by atoms with Crippen LogP contribution < -0.4 is 5.32 Å². The molecule has 13 heavy (non-hydrogen) atoms. The van der Waals surface area contributed by atoms with Crippen molar-refractivity contribution in [1.82, 2.24) is 10.2 Å². The van der Waals surface area contributed by atoms with Gasteiger partial charge in [-0.2, -0.15) is 0 Å². The largest absolute Gasteiger partial charge is 0.339 e. The molecule has 1 saturated heterocycles. The summed E-state index contributed by atoms with van der Waals surface area (Å²) in [5.41, 5.74) is 0.0110. The van der Waals surface area contributed by atoms with E-state index in [1.54, 1.807) is 0 Å². The minimum atomic E-state index is 0.0110. The van der Waals surface area contributed by atoms with Crippen LogP contribution in [0, 0.1) is 5.41 Å². The molecule has 3 heteroatoms. The smallest absolute Gasteiger partial charge is 0.228 e. The first-order chi connectivity index (χ1) is 6.12. The Bertz CT molecular complexity index is 223. The van der Waals surface area contributed by atoms with Crippen molar-refractivity contribution < 1.29 is 4.79 Å². The summed E-state index contributed by atoms with van der Waals surface area (Å²) in [5.74, 6) is 0.376. The lowest BCUT2D eigenvalue weighted by Crippen LogP contribution is -2.52. The second-order valence-corrected chi connectivity index (χ2v) is 4.67. The van der Waals surface area contributed by atoms with Crippen LogP contribution in [0.4, 0.5) is 0 Å². The van der Waals surface area contributed by atoms with E-state index in [0.29, 0.717) is 11.9 Å². The fraction of sp³-hybridized carbons (Fsp3) is 0.900. The molecule has 1 atom stereocenters. The molecule has 0 aromatic carbocycles. The van der Waals surface area contributed by atoms with E-state index >= 15 is 0 Å². The van der Waals surface area contributed by atoms with Crippen molar-refractivity contribution in [3.05, 3.63) is 0 Å². The zero-order valence-electron chi connectivity index (χ0n) is 8.47. The van der Waals surface area contributed by atoms with Gasteiger partial charge in [0, 0.05) is 31.1 Å². The van der Waals surface area contributed by atoms with E-state index in [-0.39, 0.29) is 5.41 Å². The van der Waals surface area contributed by atoms with Gasteiger partial charge in [-0.25, -0.2) is 0 Å². The third-order valence-electron chi connectivity index (χ3n) is 3.17. The summed E-state index contributed by atoms with van der Waals surface area (Å²) >= 11 is 0. The van der Waals surface area contributed by atoms with Crippen LogP contribution in [-0.2, 0) is 4.79 Å². The standard InChI is InChI=1S/C10H18N2O/c1-8-7-12(6-5-11-8)9(13)10(2)3-4-10/h8,11H,3-7H2,1-2H3/t8-/m1/s1. The van der Waals surface area contributed by atoms with Crippen molar-refractivity contribution in [2.75, 3.05) is 19.6 Å². The average Bonchev–Trinajstić information content (AvgIpc) is 2.84. The lowest BCUT2D eigenvalue weighted by Gasteiger charge is -2.33. The topological polar surface area (TPSA) is 32.3 Å². The molecule has 2 aliphatic rings. The highest BCUT2D eigenvalue weighted by Crippen LogP contribution is 2.46.